The third kappa shape index (κ3) is 15.2. The average Bonchev–Trinajstić information content (AvgIpc) is 3.02. The molecular weight excluding hydrogens is 651 g/mol. The Morgan fingerprint density at radius 2 is 1.44 bits per heavy atom. The van der Waals surface area contributed by atoms with Gasteiger partial charge in [0.25, 0.3) is 0 Å². The molecule has 278 valence electrons. The van der Waals surface area contributed by atoms with Crippen molar-refractivity contribution in [2.75, 3.05) is 18.6 Å². The van der Waals surface area contributed by atoms with Crippen LogP contribution < -0.4 is 10.6 Å². The van der Waals surface area contributed by atoms with Crippen LogP contribution >= 0.6 is 11.8 Å². The van der Waals surface area contributed by atoms with Gasteiger partial charge in [-0.05, 0) is 102 Å². The van der Waals surface area contributed by atoms with Crippen molar-refractivity contribution in [3.8, 4) is 0 Å². The maximum atomic E-state index is 14.7. The first-order chi connectivity index (χ1) is 23.5. The van der Waals surface area contributed by atoms with Crippen LogP contribution in [0.1, 0.15) is 115 Å². The largest absolute Gasteiger partial charge is 0.458 e. The topological polar surface area (TPSA) is 114 Å². The number of hydrogen-bond donors (Lipinski definition) is 2. The van der Waals surface area contributed by atoms with Crippen LogP contribution in [0.4, 0.5) is 4.79 Å². The Balaban J connectivity index is 2.66. The van der Waals surface area contributed by atoms with Crippen LogP contribution in [0.3, 0.4) is 0 Å². The van der Waals surface area contributed by atoms with Gasteiger partial charge in [0.1, 0.15) is 29.3 Å². The minimum atomic E-state index is -1.08. The molecule has 0 heterocycles. The molecule has 0 fully saturated rings. The Labute approximate surface area is 305 Å². The number of carbonyl (C=O) groups is 4. The second-order valence-corrected chi connectivity index (χ2v) is 15.9. The van der Waals surface area contributed by atoms with Crippen molar-refractivity contribution in [2.24, 2.45) is 0 Å². The number of carbonyl (C=O) groups excluding carboxylic acids is 4. The molecule has 2 N–H and O–H groups in total. The summed E-state index contributed by atoms with van der Waals surface area (Å²) >= 11 is 1.56. The molecule has 0 aliphatic heterocycles. The number of alkyl carbamates (subject to hydrolysis) is 1. The molecule has 3 amide bonds. The monoisotopic (exact) mass is 711 g/mol. The van der Waals surface area contributed by atoms with Crippen LogP contribution in [0.5, 0.6) is 0 Å². The van der Waals surface area contributed by atoms with E-state index in [-0.39, 0.29) is 18.9 Å². The number of hydrogen-bond acceptors (Lipinski definition) is 7. The third-order valence-electron chi connectivity index (χ3n) is 8.08. The second-order valence-electron chi connectivity index (χ2n) is 15.0. The molecule has 0 aromatic heterocycles. The number of ether oxygens (including phenoxy) is 2. The normalized spacial score (nSPS) is 13.5. The van der Waals surface area contributed by atoms with Gasteiger partial charge in [0.15, 0.2) is 0 Å². The standard InChI is InChI=1S/C40H61N3O6S/c1-11-12-13-14-18-24-43(36(45)32(23-25-50-10)42-38(47)49-40(7,8)9)34(31-22-21-28(2)29(3)26-31)35(44)41-33(37(46)48-39(4,5)6)27-30-19-16-15-17-20-30/h15-17,19-22,26,32-34H,11-14,18,23-25,27H2,1-10H3,(H,41,44)(H,42,47). The number of esters is 1. The van der Waals surface area contributed by atoms with Gasteiger partial charge in [0.05, 0.1) is 0 Å². The van der Waals surface area contributed by atoms with E-state index in [1.165, 1.54) is 0 Å². The van der Waals surface area contributed by atoms with Gasteiger partial charge < -0.3 is 25.0 Å². The smallest absolute Gasteiger partial charge is 0.408 e. The molecule has 50 heavy (non-hydrogen) atoms. The van der Waals surface area contributed by atoms with Gasteiger partial charge in [0, 0.05) is 13.0 Å². The lowest BCUT2D eigenvalue weighted by molar-refractivity contribution is -0.159. The molecule has 0 bridgehead atoms. The SMILES string of the molecule is CCCCCCCN(C(=O)C(CCSC)NC(=O)OC(C)(C)C)C(C(=O)NC(Cc1ccccc1)C(=O)OC(C)(C)C)c1ccc(C)c(C)c1. The van der Waals surface area contributed by atoms with Crippen molar-refractivity contribution in [3.05, 3.63) is 70.8 Å². The summed E-state index contributed by atoms with van der Waals surface area (Å²) in [4.78, 5) is 57.6. The molecule has 2 aromatic rings. The molecule has 0 saturated carbocycles. The summed E-state index contributed by atoms with van der Waals surface area (Å²) in [5.41, 5.74) is 1.96. The van der Waals surface area contributed by atoms with Gasteiger partial charge in [-0.2, -0.15) is 11.8 Å². The molecule has 0 radical (unpaired) electrons. The predicted octanol–water partition coefficient (Wildman–Crippen LogP) is 7.86. The van der Waals surface area contributed by atoms with Crippen molar-refractivity contribution >= 4 is 35.6 Å². The fraction of sp³-hybridized carbons (Fsp3) is 0.600. The summed E-state index contributed by atoms with van der Waals surface area (Å²) in [6, 6.07) is 12.2. The maximum absolute atomic E-state index is 14.7. The van der Waals surface area contributed by atoms with Gasteiger partial charge in [0.2, 0.25) is 11.8 Å². The van der Waals surface area contributed by atoms with Crippen LogP contribution in [0.25, 0.3) is 0 Å². The van der Waals surface area contributed by atoms with Crippen LogP contribution in [-0.4, -0.2) is 70.6 Å². The van der Waals surface area contributed by atoms with Crippen LogP contribution in [0.15, 0.2) is 48.5 Å². The second kappa shape index (κ2) is 20.4. The van der Waals surface area contributed by atoms with Crippen molar-refractivity contribution < 1.29 is 28.7 Å². The highest BCUT2D eigenvalue weighted by molar-refractivity contribution is 7.98. The number of rotatable bonds is 18. The summed E-state index contributed by atoms with van der Waals surface area (Å²) in [6.07, 6.45) is 6.50. The average molecular weight is 712 g/mol. The lowest BCUT2D eigenvalue weighted by Crippen LogP contribution is -2.55. The first-order valence-corrected chi connectivity index (χ1v) is 19.3. The Bertz CT molecular complexity index is 1390. The predicted molar refractivity (Wildman–Crippen MR) is 203 cm³/mol. The van der Waals surface area contributed by atoms with Gasteiger partial charge in [-0.1, -0.05) is 81.1 Å². The molecule has 10 heteroatoms. The van der Waals surface area contributed by atoms with Crippen molar-refractivity contribution in [1.29, 1.82) is 0 Å². The molecule has 0 spiro atoms. The maximum Gasteiger partial charge on any atom is 0.408 e. The fourth-order valence-electron chi connectivity index (χ4n) is 5.47. The molecule has 2 aromatic carbocycles. The summed E-state index contributed by atoms with van der Waals surface area (Å²) in [5.74, 6) is -0.830. The van der Waals surface area contributed by atoms with Crippen molar-refractivity contribution in [1.82, 2.24) is 15.5 Å². The van der Waals surface area contributed by atoms with E-state index >= 15 is 0 Å². The Hall–Kier alpha value is -3.53. The van der Waals surface area contributed by atoms with E-state index in [0.717, 1.165) is 42.4 Å². The first-order valence-electron chi connectivity index (χ1n) is 17.9. The fourth-order valence-corrected chi connectivity index (χ4v) is 5.94. The molecule has 2 rings (SSSR count). The summed E-state index contributed by atoms with van der Waals surface area (Å²) in [5, 5.41) is 5.81. The Morgan fingerprint density at radius 3 is 2.02 bits per heavy atom. The number of thioether (sulfide) groups is 1. The molecule has 3 unspecified atom stereocenters. The number of aryl methyl sites for hydroxylation is 2. The number of nitrogens with zero attached hydrogens (tertiary/aromatic N) is 1. The first kappa shape index (κ1) is 42.6. The lowest BCUT2D eigenvalue weighted by atomic mass is 9.97. The van der Waals surface area contributed by atoms with Crippen LogP contribution in [-0.2, 0) is 30.3 Å². The number of nitrogens with one attached hydrogen (secondary N) is 2. The number of benzene rings is 2. The van der Waals surface area contributed by atoms with E-state index in [9.17, 15) is 19.2 Å². The summed E-state index contributed by atoms with van der Waals surface area (Å²) < 4.78 is 11.3. The van der Waals surface area contributed by atoms with Crippen molar-refractivity contribution in [3.63, 3.8) is 0 Å². The van der Waals surface area contributed by atoms with Gasteiger partial charge in [-0.3, -0.25) is 9.59 Å². The molecule has 0 aliphatic rings. The van der Waals surface area contributed by atoms with Crippen LogP contribution in [0, 0.1) is 13.8 Å². The Morgan fingerprint density at radius 1 is 0.800 bits per heavy atom. The number of amides is 3. The van der Waals surface area contributed by atoms with E-state index in [1.54, 1.807) is 58.2 Å². The quantitative estimate of drug-likeness (QED) is 0.120. The van der Waals surface area contributed by atoms with Crippen LogP contribution in [0.2, 0.25) is 0 Å². The molecule has 0 saturated heterocycles. The summed E-state index contributed by atoms with van der Waals surface area (Å²) in [7, 11) is 0. The van der Waals surface area contributed by atoms with E-state index < -0.39 is 47.3 Å². The highest BCUT2D eigenvalue weighted by Crippen LogP contribution is 2.27. The summed E-state index contributed by atoms with van der Waals surface area (Å²) in [6.45, 7) is 17.1. The molecular formula is C40H61N3O6S. The van der Waals surface area contributed by atoms with Gasteiger partial charge >= 0.3 is 12.1 Å². The zero-order chi connectivity index (χ0) is 37.5. The Kier molecular flexibility index (Phi) is 17.4. The highest BCUT2D eigenvalue weighted by atomic mass is 32.2. The third-order valence-corrected chi connectivity index (χ3v) is 8.73. The molecule has 9 nitrogen and oxygen atoms in total. The highest BCUT2D eigenvalue weighted by Gasteiger charge is 2.38. The van der Waals surface area contributed by atoms with Gasteiger partial charge in [-0.25, -0.2) is 9.59 Å². The molecule has 3 atom stereocenters. The molecule has 0 aliphatic carbocycles. The zero-order valence-corrected chi connectivity index (χ0v) is 32.8. The van der Waals surface area contributed by atoms with E-state index in [4.69, 9.17) is 9.47 Å². The number of unbranched alkanes of at least 4 members (excludes halogenated alkanes) is 4. The van der Waals surface area contributed by atoms with Crippen molar-refractivity contribution in [2.45, 2.75) is 137 Å². The minimum absolute atomic E-state index is 0.211. The van der Waals surface area contributed by atoms with E-state index in [2.05, 4.69) is 17.6 Å². The lowest BCUT2D eigenvalue weighted by Gasteiger charge is -2.35. The van der Waals surface area contributed by atoms with Gasteiger partial charge in [-0.15, -0.1) is 0 Å². The van der Waals surface area contributed by atoms with E-state index in [1.807, 2.05) is 68.6 Å². The zero-order valence-electron chi connectivity index (χ0n) is 32.0. The minimum Gasteiger partial charge on any atom is -0.458 e. The van der Waals surface area contributed by atoms with E-state index in [0.29, 0.717) is 24.2 Å².